The average Bonchev–Trinajstić information content (AvgIpc) is 3.18. The van der Waals surface area contributed by atoms with Gasteiger partial charge in [-0.25, -0.2) is 0 Å². The molecule has 3 aromatic carbocycles. The summed E-state index contributed by atoms with van der Waals surface area (Å²) < 4.78 is 5.91. The molecule has 0 spiro atoms. The zero-order valence-corrected chi connectivity index (χ0v) is 17.1. The molecule has 4 rings (SSSR count). The van der Waals surface area contributed by atoms with E-state index in [1.165, 1.54) is 5.56 Å². The zero-order valence-electron chi connectivity index (χ0n) is 17.1. The van der Waals surface area contributed by atoms with Crippen LogP contribution in [0.15, 0.2) is 71.3 Å². The van der Waals surface area contributed by atoms with Crippen molar-refractivity contribution in [2.24, 2.45) is 5.73 Å². The van der Waals surface area contributed by atoms with Gasteiger partial charge in [0.2, 0.25) is 0 Å². The lowest BCUT2D eigenvalue weighted by atomic mass is 9.92. The van der Waals surface area contributed by atoms with Crippen molar-refractivity contribution in [3.63, 3.8) is 0 Å². The van der Waals surface area contributed by atoms with Crippen LogP contribution in [0.3, 0.4) is 0 Å². The van der Waals surface area contributed by atoms with Gasteiger partial charge in [0, 0.05) is 17.5 Å². The number of hydrogen-bond acceptors (Lipinski definition) is 4. The van der Waals surface area contributed by atoms with Gasteiger partial charge in [0.05, 0.1) is 17.9 Å². The van der Waals surface area contributed by atoms with Gasteiger partial charge in [-0.3, -0.25) is 0 Å². The Kier molecular flexibility index (Phi) is 5.94. The van der Waals surface area contributed by atoms with Gasteiger partial charge in [-0.1, -0.05) is 42.0 Å². The van der Waals surface area contributed by atoms with Crippen molar-refractivity contribution in [1.29, 1.82) is 5.26 Å². The monoisotopic (exact) mass is 395 g/mol. The summed E-state index contributed by atoms with van der Waals surface area (Å²) in [5, 5.41) is 13.7. The molecule has 0 unspecified atom stereocenters. The van der Waals surface area contributed by atoms with E-state index in [-0.39, 0.29) is 0 Å². The van der Waals surface area contributed by atoms with E-state index in [4.69, 9.17) is 15.4 Å². The van der Waals surface area contributed by atoms with Crippen LogP contribution in [-0.2, 0) is 6.54 Å². The van der Waals surface area contributed by atoms with Crippen molar-refractivity contribution in [2.75, 3.05) is 13.1 Å². The summed E-state index contributed by atoms with van der Waals surface area (Å²) in [5.74, 6) is 0. The normalized spacial score (nSPS) is 11.0. The number of fused-ring (bicyclic) bond motifs is 1. The number of aryl methyl sites for hydroxylation is 1. The van der Waals surface area contributed by atoms with Gasteiger partial charge in [0.15, 0.2) is 0 Å². The summed E-state index contributed by atoms with van der Waals surface area (Å²) in [6.45, 7) is 4.39. The fraction of sp³-hybridized carbons (Fsp3) is 0.192. The van der Waals surface area contributed by atoms with Crippen molar-refractivity contribution in [3.8, 4) is 28.3 Å². The SMILES string of the molecule is Cc1ccc(-c2cc3occ(CNCCCN)c3cc2-c2ccc(C#N)cc2)cc1. The number of hydrogen-bond donors (Lipinski definition) is 2. The maximum Gasteiger partial charge on any atom is 0.134 e. The summed E-state index contributed by atoms with van der Waals surface area (Å²) in [7, 11) is 0. The van der Waals surface area contributed by atoms with E-state index in [9.17, 15) is 0 Å². The van der Waals surface area contributed by atoms with Gasteiger partial charge in [0.25, 0.3) is 0 Å². The molecule has 4 aromatic rings. The number of rotatable bonds is 7. The Morgan fingerprint density at radius 2 is 1.63 bits per heavy atom. The van der Waals surface area contributed by atoms with E-state index in [0.717, 1.165) is 58.3 Å². The summed E-state index contributed by atoms with van der Waals surface area (Å²) in [6, 6.07) is 22.8. The summed E-state index contributed by atoms with van der Waals surface area (Å²) in [6.07, 6.45) is 2.78. The van der Waals surface area contributed by atoms with Crippen LogP contribution in [0.25, 0.3) is 33.2 Å². The highest BCUT2D eigenvalue weighted by Gasteiger charge is 2.14. The second-order valence-corrected chi connectivity index (χ2v) is 7.53. The van der Waals surface area contributed by atoms with Crippen molar-refractivity contribution in [1.82, 2.24) is 5.32 Å². The van der Waals surface area contributed by atoms with Crippen molar-refractivity contribution >= 4 is 11.0 Å². The lowest BCUT2D eigenvalue weighted by molar-refractivity contribution is 0.599. The van der Waals surface area contributed by atoms with Gasteiger partial charge >= 0.3 is 0 Å². The molecular weight excluding hydrogens is 370 g/mol. The molecule has 0 fully saturated rings. The van der Waals surface area contributed by atoms with Crippen LogP contribution in [0, 0.1) is 18.3 Å². The second kappa shape index (κ2) is 8.96. The quantitative estimate of drug-likeness (QED) is 0.412. The summed E-state index contributed by atoms with van der Waals surface area (Å²) >= 11 is 0. The average molecular weight is 396 g/mol. The van der Waals surface area contributed by atoms with E-state index in [2.05, 4.69) is 54.7 Å². The molecular formula is C26H25N3O. The Morgan fingerprint density at radius 1 is 0.967 bits per heavy atom. The molecule has 0 atom stereocenters. The van der Waals surface area contributed by atoms with E-state index < -0.39 is 0 Å². The number of nitrogens with two attached hydrogens (primary N) is 1. The first-order chi connectivity index (χ1) is 14.7. The first-order valence-electron chi connectivity index (χ1n) is 10.2. The largest absolute Gasteiger partial charge is 0.464 e. The van der Waals surface area contributed by atoms with E-state index in [1.807, 2.05) is 30.5 Å². The minimum atomic E-state index is 0.657. The molecule has 4 heteroatoms. The molecule has 1 aromatic heterocycles. The summed E-state index contributed by atoms with van der Waals surface area (Å²) in [4.78, 5) is 0. The van der Waals surface area contributed by atoms with Crippen LogP contribution >= 0.6 is 0 Å². The van der Waals surface area contributed by atoms with Crippen LogP contribution < -0.4 is 11.1 Å². The highest BCUT2D eigenvalue weighted by atomic mass is 16.3. The maximum atomic E-state index is 9.15. The molecule has 3 N–H and O–H groups in total. The fourth-order valence-corrected chi connectivity index (χ4v) is 3.65. The highest BCUT2D eigenvalue weighted by molar-refractivity contribution is 5.95. The Labute approximate surface area is 176 Å². The third kappa shape index (κ3) is 4.13. The Morgan fingerprint density at radius 3 is 2.30 bits per heavy atom. The molecule has 0 aliphatic rings. The number of furan rings is 1. The zero-order chi connectivity index (χ0) is 20.9. The van der Waals surface area contributed by atoms with Crippen molar-refractivity contribution in [2.45, 2.75) is 19.9 Å². The van der Waals surface area contributed by atoms with Crippen LogP contribution in [0.2, 0.25) is 0 Å². The van der Waals surface area contributed by atoms with Gasteiger partial charge in [-0.05, 0) is 73.0 Å². The fourth-order valence-electron chi connectivity index (χ4n) is 3.65. The second-order valence-electron chi connectivity index (χ2n) is 7.53. The molecule has 0 amide bonds. The molecule has 150 valence electrons. The van der Waals surface area contributed by atoms with E-state index >= 15 is 0 Å². The topological polar surface area (TPSA) is 75.0 Å². The molecule has 0 bridgehead atoms. The number of nitrogens with one attached hydrogen (secondary N) is 1. The highest BCUT2D eigenvalue weighted by Crippen LogP contribution is 2.37. The molecule has 0 aliphatic carbocycles. The van der Waals surface area contributed by atoms with Gasteiger partial charge < -0.3 is 15.5 Å². The maximum absolute atomic E-state index is 9.15. The predicted octanol–water partition coefficient (Wildman–Crippen LogP) is 5.39. The van der Waals surface area contributed by atoms with Crippen LogP contribution in [-0.4, -0.2) is 13.1 Å². The van der Waals surface area contributed by atoms with Crippen LogP contribution in [0.5, 0.6) is 0 Å². The lowest BCUT2D eigenvalue weighted by Gasteiger charge is -2.12. The Balaban J connectivity index is 1.82. The smallest absolute Gasteiger partial charge is 0.134 e. The molecule has 0 radical (unpaired) electrons. The van der Waals surface area contributed by atoms with Crippen molar-refractivity contribution < 1.29 is 4.42 Å². The Hall–Kier alpha value is -3.39. The predicted molar refractivity (Wildman–Crippen MR) is 122 cm³/mol. The van der Waals surface area contributed by atoms with E-state index in [0.29, 0.717) is 12.1 Å². The molecule has 0 saturated heterocycles. The summed E-state index contributed by atoms with van der Waals surface area (Å²) in [5.41, 5.74) is 13.9. The number of benzene rings is 3. The number of nitriles is 1. The molecule has 30 heavy (non-hydrogen) atoms. The first-order valence-corrected chi connectivity index (χ1v) is 10.2. The Bertz CT molecular complexity index is 1180. The standard InChI is InChI=1S/C26H25N3O/c1-18-3-7-20(8-4-18)24-14-26-25(22(17-30-26)16-29-12-2-11-27)13-23(24)21-9-5-19(15-28)6-10-21/h3-10,13-14,17,29H,2,11-12,16,27H2,1H3. The minimum absolute atomic E-state index is 0.657. The lowest BCUT2D eigenvalue weighted by Crippen LogP contribution is -2.17. The van der Waals surface area contributed by atoms with Crippen LogP contribution in [0.1, 0.15) is 23.1 Å². The van der Waals surface area contributed by atoms with Gasteiger partial charge in [-0.15, -0.1) is 0 Å². The third-order valence-electron chi connectivity index (χ3n) is 5.35. The van der Waals surface area contributed by atoms with E-state index in [1.54, 1.807) is 0 Å². The van der Waals surface area contributed by atoms with Crippen LogP contribution in [0.4, 0.5) is 0 Å². The van der Waals surface area contributed by atoms with Crippen molar-refractivity contribution in [3.05, 3.63) is 83.6 Å². The minimum Gasteiger partial charge on any atom is -0.464 e. The van der Waals surface area contributed by atoms with Gasteiger partial charge in [0.1, 0.15) is 5.58 Å². The first kappa shape index (κ1) is 19.9. The third-order valence-corrected chi connectivity index (χ3v) is 5.35. The molecule has 0 saturated carbocycles. The van der Waals surface area contributed by atoms with Gasteiger partial charge in [-0.2, -0.15) is 5.26 Å². The molecule has 0 aliphatic heterocycles. The molecule has 1 heterocycles. The molecule has 4 nitrogen and oxygen atoms in total. The number of nitrogens with zero attached hydrogens (tertiary/aromatic N) is 1.